The van der Waals surface area contributed by atoms with E-state index in [9.17, 15) is 9.18 Å². The molecular weight excluding hydrogens is 339 g/mol. The third-order valence-electron chi connectivity index (χ3n) is 4.78. The van der Waals surface area contributed by atoms with Gasteiger partial charge in [0.15, 0.2) is 0 Å². The Morgan fingerprint density at radius 3 is 2.56 bits per heavy atom. The van der Waals surface area contributed by atoms with Crippen molar-refractivity contribution in [2.24, 2.45) is 0 Å². The van der Waals surface area contributed by atoms with Crippen molar-refractivity contribution in [3.05, 3.63) is 113 Å². The van der Waals surface area contributed by atoms with E-state index in [1.54, 1.807) is 12.1 Å². The SMILES string of the molecule is O=C(Cc1ccccc1)OC1=Cc2ccccc2C(c2cccc(F)c2)C1. The number of carbonyl (C=O) groups excluding carboxylic acids is 1. The van der Waals surface area contributed by atoms with Gasteiger partial charge in [0, 0.05) is 12.3 Å². The van der Waals surface area contributed by atoms with Gasteiger partial charge in [-0.3, -0.25) is 4.79 Å². The van der Waals surface area contributed by atoms with Gasteiger partial charge in [0.25, 0.3) is 0 Å². The zero-order chi connectivity index (χ0) is 18.6. The summed E-state index contributed by atoms with van der Waals surface area (Å²) in [5.74, 6) is 0.0253. The lowest BCUT2D eigenvalue weighted by molar-refractivity contribution is -0.138. The first-order chi connectivity index (χ1) is 13.2. The maximum Gasteiger partial charge on any atom is 0.315 e. The fraction of sp³-hybridized carbons (Fsp3) is 0.125. The summed E-state index contributed by atoms with van der Waals surface area (Å²) < 4.78 is 19.4. The van der Waals surface area contributed by atoms with Gasteiger partial charge in [0.2, 0.25) is 0 Å². The first-order valence-corrected chi connectivity index (χ1v) is 8.98. The third-order valence-corrected chi connectivity index (χ3v) is 4.78. The van der Waals surface area contributed by atoms with Crippen LogP contribution in [0.25, 0.3) is 6.08 Å². The number of benzene rings is 3. The first kappa shape index (κ1) is 17.2. The predicted octanol–water partition coefficient (Wildman–Crippen LogP) is 5.49. The minimum absolute atomic E-state index is 0.0403. The zero-order valence-electron chi connectivity index (χ0n) is 14.8. The summed E-state index contributed by atoms with van der Waals surface area (Å²) in [6.45, 7) is 0. The van der Waals surface area contributed by atoms with E-state index in [0.29, 0.717) is 12.2 Å². The molecule has 1 atom stereocenters. The molecule has 0 heterocycles. The summed E-state index contributed by atoms with van der Waals surface area (Å²) in [7, 11) is 0. The second-order valence-corrected chi connectivity index (χ2v) is 6.69. The normalized spacial score (nSPS) is 15.6. The lowest BCUT2D eigenvalue weighted by atomic mass is 9.81. The molecule has 1 aliphatic carbocycles. The highest BCUT2D eigenvalue weighted by Gasteiger charge is 2.25. The molecule has 0 fully saturated rings. The van der Waals surface area contributed by atoms with Gasteiger partial charge >= 0.3 is 5.97 Å². The van der Waals surface area contributed by atoms with Crippen LogP contribution in [0.15, 0.2) is 84.6 Å². The Hall–Kier alpha value is -3.20. The highest BCUT2D eigenvalue weighted by Crippen LogP contribution is 2.38. The van der Waals surface area contributed by atoms with Crippen molar-refractivity contribution in [1.82, 2.24) is 0 Å². The Morgan fingerprint density at radius 2 is 1.74 bits per heavy atom. The largest absolute Gasteiger partial charge is 0.431 e. The van der Waals surface area contributed by atoms with Gasteiger partial charge in [-0.25, -0.2) is 4.39 Å². The average Bonchev–Trinajstić information content (AvgIpc) is 2.68. The lowest BCUT2D eigenvalue weighted by Gasteiger charge is -2.25. The van der Waals surface area contributed by atoms with Crippen LogP contribution in [0.5, 0.6) is 0 Å². The number of carbonyl (C=O) groups is 1. The maximum atomic E-state index is 13.7. The highest BCUT2D eigenvalue weighted by molar-refractivity contribution is 5.75. The van der Waals surface area contributed by atoms with Crippen LogP contribution in [0.3, 0.4) is 0 Å². The van der Waals surface area contributed by atoms with Crippen molar-refractivity contribution < 1.29 is 13.9 Å². The highest BCUT2D eigenvalue weighted by atomic mass is 19.1. The number of rotatable bonds is 4. The quantitative estimate of drug-likeness (QED) is 0.577. The number of esters is 1. The smallest absolute Gasteiger partial charge is 0.315 e. The van der Waals surface area contributed by atoms with Crippen molar-refractivity contribution in [3.63, 3.8) is 0 Å². The Bertz CT molecular complexity index is 992. The Morgan fingerprint density at radius 1 is 0.963 bits per heavy atom. The third kappa shape index (κ3) is 3.98. The van der Waals surface area contributed by atoms with E-state index in [4.69, 9.17) is 4.74 Å². The van der Waals surface area contributed by atoms with Crippen molar-refractivity contribution in [2.75, 3.05) is 0 Å². The maximum absolute atomic E-state index is 13.7. The molecule has 0 aromatic heterocycles. The molecule has 0 radical (unpaired) electrons. The molecule has 27 heavy (non-hydrogen) atoms. The molecule has 0 saturated heterocycles. The van der Waals surface area contributed by atoms with Crippen LogP contribution in [-0.2, 0) is 16.0 Å². The number of ether oxygens (including phenoxy) is 1. The van der Waals surface area contributed by atoms with E-state index in [1.165, 1.54) is 6.07 Å². The van der Waals surface area contributed by atoms with E-state index in [-0.39, 0.29) is 24.1 Å². The standard InChI is InChI=1S/C24H19FO2/c25-20-11-6-10-18(14-20)23-16-21(15-19-9-4-5-12-22(19)23)27-24(26)13-17-7-2-1-3-8-17/h1-12,14-15,23H,13,16H2. The molecule has 3 heteroatoms. The van der Waals surface area contributed by atoms with Gasteiger partial charge < -0.3 is 4.74 Å². The van der Waals surface area contributed by atoms with Crippen LogP contribution in [-0.4, -0.2) is 5.97 Å². The number of allylic oxidation sites excluding steroid dienone is 1. The predicted molar refractivity (Wildman–Crippen MR) is 104 cm³/mol. The van der Waals surface area contributed by atoms with Gasteiger partial charge in [0.05, 0.1) is 6.42 Å². The Kier molecular flexibility index (Phi) is 4.84. The summed E-state index contributed by atoms with van der Waals surface area (Å²) in [6, 6.07) is 24.1. The molecule has 0 bridgehead atoms. The number of hydrogen-bond acceptors (Lipinski definition) is 2. The van der Waals surface area contributed by atoms with Gasteiger partial charge in [0.1, 0.15) is 11.6 Å². The van der Waals surface area contributed by atoms with Crippen LogP contribution in [0.2, 0.25) is 0 Å². The van der Waals surface area contributed by atoms with Crippen molar-refractivity contribution in [3.8, 4) is 0 Å². The summed E-state index contributed by atoms with van der Waals surface area (Å²) in [5.41, 5.74) is 3.92. The van der Waals surface area contributed by atoms with Crippen LogP contribution >= 0.6 is 0 Å². The molecular formula is C24H19FO2. The number of halogens is 1. The molecule has 0 N–H and O–H groups in total. The van der Waals surface area contributed by atoms with E-state index >= 15 is 0 Å². The van der Waals surface area contributed by atoms with E-state index in [1.807, 2.05) is 66.7 Å². The molecule has 0 saturated carbocycles. The van der Waals surface area contributed by atoms with Crippen LogP contribution in [0.4, 0.5) is 4.39 Å². The summed E-state index contributed by atoms with van der Waals surface area (Å²) in [6.07, 6.45) is 2.67. The van der Waals surface area contributed by atoms with Crippen molar-refractivity contribution in [1.29, 1.82) is 0 Å². The molecule has 1 aliphatic rings. The van der Waals surface area contributed by atoms with Crippen LogP contribution < -0.4 is 0 Å². The fourth-order valence-corrected chi connectivity index (χ4v) is 3.54. The monoisotopic (exact) mass is 358 g/mol. The molecule has 0 amide bonds. The number of fused-ring (bicyclic) bond motifs is 1. The fourth-order valence-electron chi connectivity index (χ4n) is 3.54. The van der Waals surface area contributed by atoms with E-state index in [2.05, 4.69) is 0 Å². The molecule has 0 spiro atoms. The zero-order valence-corrected chi connectivity index (χ0v) is 14.8. The molecule has 2 nitrogen and oxygen atoms in total. The van der Waals surface area contributed by atoms with Crippen molar-refractivity contribution in [2.45, 2.75) is 18.8 Å². The van der Waals surface area contributed by atoms with E-state index < -0.39 is 0 Å². The van der Waals surface area contributed by atoms with Gasteiger partial charge in [-0.1, -0.05) is 66.7 Å². The second-order valence-electron chi connectivity index (χ2n) is 6.69. The van der Waals surface area contributed by atoms with Gasteiger partial charge in [-0.2, -0.15) is 0 Å². The summed E-state index contributed by atoms with van der Waals surface area (Å²) >= 11 is 0. The van der Waals surface area contributed by atoms with Gasteiger partial charge in [-0.15, -0.1) is 0 Å². The molecule has 4 rings (SSSR count). The number of hydrogen-bond donors (Lipinski definition) is 0. The minimum Gasteiger partial charge on any atom is -0.431 e. The Labute approximate surface area is 157 Å². The van der Waals surface area contributed by atoms with Crippen LogP contribution in [0.1, 0.15) is 34.6 Å². The molecule has 134 valence electrons. The minimum atomic E-state index is -0.287. The summed E-state index contributed by atoms with van der Waals surface area (Å²) in [5, 5.41) is 0. The van der Waals surface area contributed by atoms with E-state index in [0.717, 1.165) is 22.3 Å². The van der Waals surface area contributed by atoms with Crippen LogP contribution in [0, 0.1) is 5.82 Å². The average molecular weight is 358 g/mol. The van der Waals surface area contributed by atoms with Crippen molar-refractivity contribution >= 4 is 12.0 Å². The first-order valence-electron chi connectivity index (χ1n) is 8.98. The topological polar surface area (TPSA) is 26.3 Å². The molecule has 0 aliphatic heterocycles. The molecule has 3 aromatic carbocycles. The summed E-state index contributed by atoms with van der Waals surface area (Å²) in [4.78, 5) is 12.4. The second kappa shape index (κ2) is 7.58. The lowest BCUT2D eigenvalue weighted by Crippen LogP contribution is -2.14. The molecule has 3 aromatic rings. The van der Waals surface area contributed by atoms with Gasteiger partial charge in [-0.05, 0) is 40.5 Å². The molecule has 1 unspecified atom stereocenters. The Balaban J connectivity index is 1.59.